The summed E-state index contributed by atoms with van der Waals surface area (Å²) in [6.07, 6.45) is 0.237. The number of carbonyl (C=O) groups is 1. The van der Waals surface area contributed by atoms with E-state index in [2.05, 4.69) is 5.32 Å². The van der Waals surface area contributed by atoms with E-state index in [0.29, 0.717) is 32.0 Å². The summed E-state index contributed by atoms with van der Waals surface area (Å²) in [4.78, 5) is 12.2. The summed E-state index contributed by atoms with van der Waals surface area (Å²) in [6, 6.07) is 6.50. The molecule has 1 saturated heterocycles. The van der Waals surface area contributed by atoms with E-state index in [9.17, 15) is 13.2 Å². The summed E-state index contributed by atoms with van der Waals surface area (Å²) >= 11 is 1.52. The summed E-state index contributed by atoms with van der Waals surface area (Å²) in [5, 5.41) is 6.56. The van der Waals surface area contributed by atoms with Crippen LogP contribution in [0.1, 0.15) is 5.56 Å². The van der Waals surface area contributed by atoms with Crippen molar-refractivity contribution < 1.29 is 22.7 Å². The molecule has 9 heteroatoms. The van der Waals surface area contributed by atoms with E-state index in [1.807, 2.05) is 16.8 Å². The van der Waals surface area contributed by atoms with Gasteiger partial charge in [-0.1, -0.05) is 0 Å². The van der Waals surface area contributed by atoms with E-state index in [-0.39, 0.29) is 23.0 Å². The van der Waals surface area contributed by atoms with Gasteiger partial charge in [-0.3, -0.25) is 4.79 Å². The first-order chi connectivity index (χ1) is 12.5. The molecule has 0 radical (unpaired) electrons. The van der Waals surface area contributed by atoms with Gasteiger partial charge in [-0.25, -0.2) is 8.42 Å². The number of ether oxygens (including phenoxy) is 2. The van der Waals surface area contributed by atoms with Crippen LogP contribution in [0.4, 0.5) is 5.69 Å². The van der Waals surface area contributed by atoms with Gasteiger partial charge in [-0.05, 0) is 40.6 Å². The van der Waals surface area contributed by atoms with Crippen molar-refractivity contribution in [2.75, 3.05) is 38.7 Å². The van der Waals surface area contributed by atoms with E-state index >= 15 is 0 Å². The summed E-state index contributed by atoms with van der Waals surface area (Å²) < 4.78 is 37.7. The second kappa shape index (κ2) is 8.17. The Bertz CT molecular complexity index is 859. The van der Waals surface area contributed by atoms with E-state index in [4.69, 9.17) is 9.47 Å². The number of carbonyl (C=O) groups excluding carboxylic acids is 1. The highest BCUT2D eigenvalue weighted by atomic mass is 32.2. The maximum atomic E-state index is 12.9. The fraction of sp³-hybridized carbons (Fsp3) is 0.353. The van der Waals surface area contributed by atoms with Crippen LogP contribution in [0.15, 0.2) is 39.9 Å². The topological polar surface area (TPSA) is 84.9 Å². The average Bonchev–Trinajstić information content (AvgIpc) is 3.15. The highest BCUT2D eigenvalue weighted by molar-refractivity contribution is 7.89. The number of nitrogens with one attached hydrogen (secondary N) is 1. The van der Waals surface area contributed by atoms with Gasteiger partial charge < -0.3 is 14.8 Å². The van der Waals surface area contributed by atoms with Crippen LogP contribution in [-0.2, 0) is 26.0 Å². The van der Waals surface area contributed by atoms with E-state index < -0.39 is 10.0 Å². The zero-order valence-corrected chi connectivity index (χ0v) is 15.9. The van der Waals surface area contributed by atoms with Crippen molar-refractivity contribution in [1.29, 1.82) is 0 Å². The zero-order chi connectivity index (χ0) is 18.6. The number of amides is 1. The Kier molecular flexibility index (Phi) is 5.92. The molecule has 1 amide bonds. The third-order valence-corrected chi connectivity index (χ3v) is 6.63. The number of hydrogen-bond donors (Lipinski definition) is 1. The molecule has 2 aromatic rings. The van der Waals surface area contributed by atoms with Crippen LogP contribution in [0.25, 0.3) is 0 Å². The molecule has 1 aromatic carbocycles. The lowest BCUT2D eigenvalue weighted by atomic mass is 10.2. The SMILES string of the molecule is COc1ccc(NC(=O)Cc2ccsc2)cc1S(=O)(=O)N1CCOCC1. The van der Waals surface area contributed by atoms with Gasteiger partial charge in [-0.15, -0.1) is 0 Å². The van der Waals surface area contributed by atoms with Crippen LogP contribution in [0, 0.1) is 0 Å². The number of nitrogens with zero attached hydrogens (tertiary/aromatic N) is 1. The summed E-state index contributed by atoms with van der Waals surface area (Å²) in [7, 11) is -2.32. The highest BCUT2D eigenvalue weighted by Gasteiger charge is 2.29. The Labute approximate surface area is 156 Å². The molecular weight excluding hydrogens is 376 g/mol. The molecular formula is C17H20N2O5S2. The Hall–Kier alpha value is -1.94. The molecule has 140 valence electrons. The minimum Gasteiger partial charge on any atom is -0.495 e. The Morgan fingerprint density at radius 1 is 1.31 bits per heavy atom. The summed E-state index contributed by atoms with van der Waals surface area (Å²) in [5.41, 5.74) is 1.33. The Morgan fingerprint density at radius 2 is 2.08 bits per heavy atom. The lowest BCUT2D eigenvalue weighted by Crippen LogP contribution is -2.40. The molecule has 1 fully saturated rings. The first-order valence-electron chi connectivity index (χ1n) is 8.07. The predicted molar refractivity (Wildman–Crippen MR) is 99.2 cm³/mol. The minimum atomic E-state index is -3.73. The van der Waals surface area contributed by atoms with Crippen molar-refractivity contribution in [2.24, 2.45) is 0 Å². The Morgan fingerprint density at radius 3 is 2.73 bits per heavy atom. The van der Waals surface area contributed by atoms with Crippen LogP contribution in [0.5, 0.6) is 5.75 Å². The van der Waals surface area contributed by atoms with Gasteiger partial charge in [0.2, 0.25) is 15.9 Å². The second-order valence-corrected chi connectivity index (χ2v) is 8.43. The molecule has 0 saturated carbocycles. The normalized spacial score (nSPS) is 15.6. The molecule has 0 aliphatic carbocycles. The maximum Gasteiger partial charge on any atom is 0.246 e. The van der Waals surface area contributed by atoms with Crippen molar-refractivity contribution in [3.63, 3.8) is 0 Å². The van der Waals surface area contributed by atoms with Crippen LogP contribution in [0.2, 0.25) is 0 Å². The molecule has 2 heterocycles. The van der Waals surface area contributed by atoms with Gasteiger partial charge in [0.25, 0.3) is 0 Å². The predicted octanol–water partition coefficient (Wildman–Crippen LogP) is 1.96. The number of rotatable bonds is 6. The molecule has 1 aliphatic heterocycles. The van der Waals surface area contributed by atoms with Crippen LogP contribution < -0.4 is 10.1 Å². The van der Waals surface area contributed by atoms with E-state index in [1.165, 1.54) is 28.8 Å². The van der Waals surface area contributed by atoms with Crippen LogP contribution in [-0.4, -0.2) is 52.0 Å². The first kappa shape index (κ1) is 18.8. The second-order valence-electron chi connectivity index (χ2n) is 5.74. The smallest absolute Gasteiger partial charge is 0.246 e. The van der Waals surface area contributed by atoms with Gasteiger partial charge in [0.15, 0.2) is 0 Å². The standard InChI is InChI=1S/C17H20N2O5S2/c1-23-15-3-2-14(18-17(20)10-13-4-9-25-12-13)11-16(15)26(21,22)19-5-7-24-8-6-19/h2-4,9,11-12H,5-8,10H2,1H3,(H,18,20). The zero-order valence-electron chi connectivity index (χ0n) is 14.3. The third-order valence-electron chi connectivity index (χ3n) is 3.98. The van der Waals surface area contributed by atoms with Crippen molar-refractivity contribution in [2.45, 2.75) is 11.3 Å². The molecule has 0 atom stereocenters. The van der Waals surface area contributed by atoms with Gasteiger partial charge in [0, 0.05) is 18.8 Å². The molecule has 3 rings (SSSR count). The van der Waals surface area contributed by atoms with Crippen molar-refractivity contribution in [1.82, 2.24) is 4.31 Å². The highest BCUT2D eigenvalue weighted by Crippen LogP contribution is 2.30. The molecule has 0 unspecified atom stereocenters. The largest absolute Gasteiger partial charge is 0.495 e. The number of benzene rings is 1. The molecule has 1 aliphatic rings. The van der Waals surface area contributed by atoms with Gasteiger partial charge in [0.05, 0.1) is 26.7 Å². The fourth-order valence-corrected chi connectivity index (χ4v) is 4.92. The number of morpholine rings is 1. The van der Waals surface area contributed by atoms with Crippen molar-refractivity contribution in [3.05, 3.63) is 40.6 Å². The van der Waals surface area contributed by atoms with Gasteiger partial charge >= 0.3 is 0 Å². The van der Waals surface area contributed by atoms with Crippen LogP contribution in [0.3, 0.4) is 0 Å². The molecule has 26 heavy (non-hydrogen) atoms. The van der Waals surface area contributed by atoms with Crippen molar-refractivity contribution in [3.8, 4) is 5.75 Å². The van der Waals surface area contributed by atoms with Crippen LogP contribution >= 0.6 is 11.3 Å². The minimum absolute atomic E-state index is 0.0373. The molecule has 1 aromatic heterocycles. The summed E-state index contributed by atoms with van der Waals surface area (Å²) in [6.45, 7) is 1.30. The lowest BCUT2D eigenvalue weighted by molar-refractivity contribution is -0.115. The Balaban J connectivity index is 1.83. The number of methoxy groups -OCH3 is 1. The molecule has 0 bridgehead atoms. The summed E-state index contributed by atoms with van der Waals surface area (Å²) in [5.74, 6) is 0.0376. The monoisotopic (exact) mass is 396 g/mol. The fourth-order valence-electron chi connectivity index (χ4n) is 2.67. The number of sulfonamides is 1. The van der Waals surface area contributed by atoms with Gasteiger partial charge in [-0.2, -0.15) is 15.6 Å². The number of thiophene rings is 1. The first-order valence-corrected chi connectivity index (χ1v) is 10.5. The quantitative estimate of drug-likeness (QED) is 0.807. The molecule has 0 spiro atoms. The van der Waals surface area contributed by atoms with E-state index in [0.717, 1.165) is 5.56 Å². The third kappa shape index (κ3) is 4.24. The molecule has 7 nitrogen and oxygen atoms in total. The maximum absolute atomic E-state index is 12.9. The van der Waals surface area contributed by atoms with E-state index in [1.54, 1.807) is 12.1 Å². The number of hydrogen-bond acceptors (Lipinski definition) is 6. The molecule has 1 N–H and O–H groups in total. The average molecular weight is 396 g/mol. The van der Waals surface area contributed by atoms with Gasteiger partial charge in [0.1, 0.15) is 10.6 Å². The number of anilines is 1. The lowest BCUT2D eigenvalue weighted by Gasteiger charge is -2.26. The van der Waals surface area contributed by atoms with Crippen molar-refractivity contribution >= 4 is 33.0 Å².